The van der Waals surface area contributed by atoms with Gasteiger partial charge < -0.3 is 0 Å². The van der Waals surface area contributed by atoms with Crippen LogP contribution in [-0.2, 0) is 9.88 Å². The van der Waals surface area contributed by atoms with Gasteiger partial charge in [-0.25, -0.2) is 0 Å². The van der Waals surface area contributed by atoms with Crippen LogP contribution in [0, 0.1) is 0 Å². The van der Waals surface area contributed by atoms with Crippen molar-refractivity contribution in [2.75, 3.05) is 0 Å². The molecule has 7 nitrogen and oxygen atoms in total. The Bertz CT molecular complexity index is 80.5. The Balaban J connectivity index is 3.53. The van der Waals surface area contributed by atoms with Crippen LogP contribution in [0.1, 0.15) is 0 Å². The van der Waals surface area contributed by atoms with Gasteiger partial charge in [0.15, 0.2) is 5.03 Å². The molecule has 0 bridgehead atoms. The third kappa shape index (κ3) is 2.44. The highest BCUT2D eigenvalue weighted by Gasteiger charge is 2.19. The predicted molar refractivity (Wildman–Crippen MR) is 24.5 cm³/mol. The lowest BCUT2D eigenvalue weighted by Crippen LogP contribution is -2.60. The van der Waals surface area contributed by atoms with E-state index < -0.39 is 5.03 Å². The van der Waals surface area contributed by atoms with Gasteiger partial charge >= 0.3 is 0 Å². The normalized spacial score (nSPS) is 10.9. The Morgan fingerprint density at radius 1 is 1.50 bits per heavy atom. The van der Waals surface area contributed by atoms with Gasteiger partial charge in [-0.3, -0.25) is 0 Å². The van der Waals surface area contributed by atoms with Crippen LogP contribution in [0.2, 0.25) is 0 Å². The summed E-state index contributed by atoms with van der Waals surface area (Å²) in [4.78, 5) is 7.85. The lowest BCUT2D eigenvalue weighted by atomic mass is 11.8. The third-order valence-electron chi connectivity index (χ3n) is 0.350. The zero-order valence-electron chi connectivity index (χ0n) is 4.15. The summed E-state index contributed by atoms with van der Waals surface area (Å²) in [7, 11) is 0. The van der Waals surface area contributed by atoms with Crippen LogP contribution in [0.15, 0.2) is 5.16 Å². The lowest BCUT2D eigenvalue weighted by molar-refractivity contribution is -1.27. The molecule has 48 valence electrons. The molecule has 0 aliphatic heterocycles. The molecule has 0 saturated carbocycles. The van der Waals surface area contributed by atoms with Crippen molar-refractivity contribution in [2.24, 2.45) is 22.7 Å². The van der Waals surface area contributed by atoms with Gasteiger partial charge in [0.1, 0.15) is 0 Å². The van der Waals surface area contributed by atoms with Crippen molar-refractivity contribution in [3.8, 4) is 0 Å². The number of oxime groups is 1. The Kier molecular flexibility index (Phi) is 2.31. The maximum absolute atomic E-state index is 4.84. The molecule has 0 aliphatic carbocycles. The first-order valence-electron chi connectivity index (χ1n) is 1.62. The van der Waals surface area contributed by atoms with Crippen LogP contribution in [-0.4, -0.2) is 11.7 Å². The first-order chi connectivity index (χ1) is 3.62. The SMILES string of the molecule is C=NO[N+](N)(N)ON. The average molecular weight is 122 g/mol. The number of rotatable bonds is 3. The number of hydrogen-bond donors (Lipinski definition) is 3. The van der Waals surface area contributed by atoms with E-state index in [1.807, 2.05) is 0 Å². The molecule has 0 unspecified atom stereocenters. The maximum atomic E-state index is 4.84. The first kappa shape index (κ1) is 7.27. The Morgan fingerprint density at radius 3 is 2.12 bits per heavy atom. The van der Waals surface area contributed by atoms with Crippen LogP contribution < -0.4 is 17.6 Å². The van der Waals surface area contributed by atoms with E-state index in [4.69, 9.17) is 11.7 Å². The highest BCUT2D eigenvalue weighted by Crippen LogP contribution is 1.84. The number of nitrogens with zero attached hydrogens (tertiary/aromatic N) is 2. The highest BCUT2D eigenvalue weighted by molar-refractivity contribution is 5.21. The van der Waals surface area contributed by atoms with Crippen LogP contribution in [0.3, 0.4) is 0 Å². The van der Waals surface area contributed by atoms with E-state index in [1.54, 1.807) is 0 Å². The van der Waals surface area contributed by atoms with Crippen LogP contribution in [0.4, 0.5) is 0 Å². The van der Waals surface area contributed by atoms with Gasteiger partial charge in [0.2, 0.25) is 0 Å². The highest BCUT2D eigenvalue weighted by atomic mass is 17.1. The fourth-order valence-electron chi connectivity index (χ4n) is 0.109. The number of nitrogens with two attached hydrogens (primary N) is 3. The van der Waals surface area contributed by atoms with Gasteiger partial charge in [-0.15, -0.1) is 4.94 Å². The van der Waals surface area contributed by atoms with E-state index in [9.17, 15) is 0 Å². The number of quaternary nitrogens is 1. The van der Waals surface area contributed by atoms with Crippen molar-refractivity contribution in [1.29, 1.82) is 0 Å². The minimum Gasteiger partial charge on any atom is -0.151 e. The lowest BCUT2D eigenvalue weighted by Gasteiger charge is -2.11. The average Bonchev–Trinajstić information content (AvgIpc) is 1.67. The van der Waals surface area contributed by atoms with Crippen molar-refractivity contribution in [2.45, 2.75) is 0 Å². The number of hydrogen-bond acceptors (Lipinski definition) is 6. The molecular formula is CH8N5O2+. The predicted octanol–water partition coefficient (Wildman–Crippen LogP) is -2.10. The molecule has 0 atom stereocenters. The zero-order valence-corrected chi connectivity index (χ0v) is 4.15. The monoisotopic (exact) mass is 122 g/mol. The molecular weight excluding hydrogens is 114 g/mol. The van der Waals surface area contributed by atoms with Gasteiger partial charge in [-0.1, -0.05) is 11.7 Å². The zero-order chi connectivity index (χ0) is 6.62. The summed E-state index contributed by atoms with van der Waals surface area (Å²) in [6.45, 7) is 2.91. The Morgan fingerprint density at radius 2 is 2.00 bits per heavy atom. The maximum Gasteiger partial charge on any atom is 0.190 e. The second-order valence-corrected chi connectivity index (χ2v) is 0.961. The van der Waals surface area contributed by atoms with Crippen molar-refractivity contribution < 1.29 is 14.9 Å². The minimum atomic E-state index is -1.29. The molecule has 0 heterocycles. The smallest absolute Gasteiger partial charge is 0.151 e. The van der Waals surface area contributed by atoms with Gasteiger partial charge in [0.25, 0.3) is 0 Å². The summed E-state index contributed by atoms with van der Waals surface area (Å²) < 4.78 is 0. The van der Waals surface area contributed by atoms with Gasteiger partial charge in [-0.2, -0.15) is 5.90 Å². The fourth-order valence-corrected chi connectivity index (χ4v) is 0.109. The fraction of sp³-hybridized carbons (Fsp3) is 0. The molecule has 0 radical (unpaired) electrons. The summed E-state index contributed by atoms with van der Waals surface area (Å²) in [6, 6.07) is 0. The molecule has 8 heavy (non-hydrogen) atoms. The van der Waals surface area contributed by atoms with Crippen LogP contribution >= 0.6 is 0 Å². The molecule has 0 saturated heterocycles. The minimum absolute atomic E-state index is 1.29. The molecule has 6 N–H and O–H groups in total. The molecule has 0 spiro atoms. The molecule has 7 heteroatoms. The van der Waals surface area contributed by atoms with E-state index in [2.05, 4.69) is 27.6 Å². The van der Waals surface area contributed by atoms with Crippen LogP contribution in [0.25, 0.3) is 0 Å². The second kappa shape index (κ2) is 2.55. The largest absolute Gasteiger partial charge is 0.190 e. The Hall–Kier alpha value is -0.730. The topological polar surface area (TPSA) is 109 Å². The van der Waals surface area contributed by atoms with Gasteiger partial charge in [0.05, 0.1) is 0 Å². The van der Waals surface area contributed by atoms with E-state index in [-0.39, 0.29) is 0 Å². The third-order valence-corrected chi connectivity index (χ3v) is 0.350. The standard InChI is InChI=1S/CH8N5O2/c1-5-8-6(2,3)7-4/h1-4H2/q+1. The van der Waals surface area contributed by atoms with Crippen molar-refractivity contribution >= 4 is 6.72 Å². The molecule has 0 amide bonds. The van der Waals surface area contributed by atoms with E-state index in [0.29, 0.717) is 0 Å². The van der Waals surface area contributed by atoms with Crippen molar-refractivity contribution in [1.82, 2.24) is 0 Å². The summed E-state index contributed by atoms with van der Waals surface area (Å²) in [5, 5.41) is 1.56. The Labute approximate surface area is 45.6 Å². The quantitative estimate of drug-likeness (QED) is 0.172. The van der Waals surface area contributed by atoms with Gasteiger partial charge in [0, 0.05) is 6.72 Å². The van der Waals surface area contributed by atoms with E-state index in [0.717, 1.165) is 0 Å². The second-order valence-electron chi connectivity index (χ2n) is 0.961. The van der Waals surface area contributed by atoms with Gasteiger partial charge in [-0.05, 0) is 10.1 Å². The molecule has 0 rings (SSSR count). The summed E-state index contributed by atoms with van der Waals surface area (Å²) in [6.07, 6.45) is 0. The van der Waals surface area contributed by atoms with E-state index >= 15 is 0 Å². The summed E-state index contributed by atoms with van der Waals surface area (Å²) in [5.74, 6) is 14.2. The molecule has 0 aliphatic rings. The van der Waals surface area contributed by atoms with Crippen LogP contribution in [0.5, 0.6) is 0 Å². The van der Waals surface area contributed by atoms with Crippen molar-refractivity contribution in [3.63, 3.8) is 0 Å². The molecule has 0 aromatic carbocycles. The first-order valence-corrected chi connectivity index (χ1v) is 1.62. The van der Waals surface area contributed by atoms with Crippen molar-refractivity contribution in [3.05, 3.63) is 0 Å². The molecule has 0 aromatic heterocycles. The summed E-state index contributed by atoms with van der Waals surface area (Å²) >= 11 is 0. The van der Waals surface area contributed by atoms with E-state index in [1.165, 1.54) is 0 Å². The molecule has 0 aromatic rings. The summed E-state index contributed by atoms with van der Waals surface area (Å²) in [5.41, 5.74) is 0. The molecule has 0 fully saturated rings.